The Kier molecular flexibility index (Phi) is 4.21. The summed E-state index contributed by atoms with van der Waals surface area (Å²) in [5.74, 6) is -1.59. The van der Waals surface area contributed by atoms with Crippen LogP contribution in [-0.4, -0.2) is 20.8 Å². The number of ketones is 1. The summed E-state index contributed by atoms with van der Waals surface area (Å²) in [5.41, 5.74) is 0.0125. The number of carbonyl (C=O) groups is 1. The van der Waals surface area contributed by atoms with E-state index in [0.29, 0.717) is 10.9 Å². The van der Waals surface area contributed by atoms with E-state index in [1.165, 1.54) is 36.5 Å². The number of hydrogen-bond acceptors (Lipinski definition) is 5. The molecule has 0 amide bonds. The first-order valence-corrected chi connectivity index (χ1v) is 7.31. The number of benzene rings is 2. The Labute approximate surface area is 145 Å². The number of H-pyrrole nitrogens is 1. The minimum Gasteiger partial charge on any atom is -0.502 e. The summed E-state index contributed by atoms with van der Waals surface area (Å²) in [5, 5.41) is 30.1. The Balaban J connectivity index is 2.04. The van der Waals surface area contributed by atoms with E-state index in [1.807, 2.05) is 0 Å². The number of nitrogens with zero attached hydrogens (tertiary/aromatic N) is 2. The highest BCUT2D eigenvalue weighted by Crippen LogP contribution is 2.28. The number of nitriles is 1. The molecule has 0 spiro atoms. The summed E-state index contributed by atoms with van der Waals surface area (Å²) in [6, 6.07) is 9.14. The number of phenols is 1. The van der Waals surface area contributed by atoms with Gasteiger partial charge in [-0.1, -0.05) is 6.07 Å². The van der Waals surface area contributed by atoms with Crippen LogP contribution < -0.4 is 0 Å². The zero-order chi connectivity index (χ0) is 18.8. The molecular weight excluding hydrogens is 341 g/mol. The number of aromatic nitrogens is 1. The van der Waals surface area contributed by atoms with Crippen LogP contribution >= 0.6 is 0 Å². The molecule has 0 fully saturated rings. The van der Waals surface area contributed by atoms with Crippen molar-refractivity contribution in [2.75, 3.05) is 0 Å². The van der Waals surface area contributed by atoms with E-state index >= 15 is 0 Å². The maximum atomic E-state index is 13.3. The number of aromatic hydroxyl groups is 1. The van der Waals surface area contributed by atoms with Crippen molar-refractivity contribution < 1.29 is 19.2 Å². The molecule has 1 aromatic heterocycles. The number of nitrogens with one attached hydrogen (secondary N) is 1. The zero-order valence-electron chi connectivity index (χ0n) is 13.1. The highest BCUT2D eigenvalue weighted by Gasteiger charge is 2.18. The molecule has 0 atom stereocenters. The van der Waals surface area contributed by atoms with E-state index in [2.05, 4.69) is 4.98 Å². The number of allylic oxidation sites excluding steroid dienone is 1. The summed E-state index contributed by atoms with van der Waals surface area (Å²) >= 11 is 0. The van der Waals surface area contributed by atoms with Gasteiger partial charge in [-0.15, -0.1) is 0 Å². The number of nitro groups is 1. The van der Waals surface area contributed by atoms with Gasteiger partial charge < -0.3 is 10.1 Å². The fourth-order valence-corrected chi connectivity index (χ4v) is 2.52. The van der Waals surface area contributed by atoms with E-state index in [9.17, 15) is 29.7 Å². The highest BCUT2D eigenvalue weighted by molar-refractivity contribution is 6.19. The van der Waals surface area contributed by atoms with Gasteiger partial charge in [0.1, 0.15) is 17.5 Å². The summed E-state index contributed by atoms with van der Waals surface area (Å²) in [6.45, 7) is 0. The first-order chi connectivity index (χ1) is 12.4. The number of halogens is 1. The van der Waals surface area contributed by atoms with Crippen LogP contribution in [0.2, 0.25) is 0 Å². The summed E-state index contributed by atoms with van der Waals surface area (Å²) in [6.07, 6.45) is 2.56. The highest BCUT2D eigenvalue weighted by atomic mass is 19.1. The molecule has 0 radical (unpaired) electrons. The maximum absolute atomic E-state index is 13.3. The molecule has 3 rings (SSSR count). The van der Waals surface area contributed by atoms with Gasteiger partial charge in [0.2, 0.25) is 5.78 Å². The van der Waals surface area contributed by atoms with Gasteiger partial charge in [-0.3, -0.25) is 14.9 Å². The first kappa shape index (κ1) is 16.9. The second-order valence-electron chi connectivity index (χ2n) is 5.40. The number of aromatic amines is 1. The Morgan fingerprint density at radius 1 is 1.31 bits per heavy atom. The molecule has 128 valence electrons. The minimum atomic E-state index is -0.769. The quantitative estimate of drug-likeness (QED) is 0.244. The number of phenolic OH excluding ortho intramolecular Hbond substituents is 1. The van der Waals surface area contributed by atoms with E-state index in [-0.39, 0.29) is 16.7 Å². The fraction of sp³-hybridized carbons (Fsp3) is 0. The van der Waals surface area contributed by atoms with Crippen molar-refractivity contribution in [1.82, 2.24) is 4.98 Å². The average molecular weight is 351 g/mol. The Hall–Kier alpha value is -3.99. The van der Waals surface area contributed by atoms with Gasteiger partial charge in [-0.25, -0.2) is 4.39 Å². The Morgan fingerprint density at radius 2 is 2.08 bits per heavy atom. The van der Waals surface area contributed by atoms with Gasteiger partial charge in [0.05, 0.1) is 4.92 Å². The SMILES string of the molecule is N#CC(=Cc1ccc(O)c([N+](=O)[O-])c1)C(=O)c1c[nH]c2cc(F)ccc12. The number of Topliss-reactive ketones (excluding diaryl/α,β-unsaturated/α-hetero) is 1. The van der Waals surface area contributed by atoms with Crippen molar-refractivity contribution in [2.45, 2.75) is 0 Å². The van der Waals surface area contributed by atoms with Crippen LogP contribution in [-0.2, 0) is 0 Å². The zero-order valence-corrected chi connectivity index (χ0v) is 13.1. The molecule has 0 aliphatic rings. The number of nitro benzene ring substituents is 1. The molecule has 0 bridgehead atoms. The number of rotatable bonds is 4. The standard InChI is InChI=1S/C18H10FN3O4/c19-12-2-3-13-14(9-21-15(13)7-12)18(24)11(8-20)5-10-1-4-17(23)16(6-10)22(25)26/h1-7,9,21,23H. The van der Waals surface area contributed by atoms with Crippen LogP contribution in [0.4, 0.5) is 10.1 Å². The largest absolute Gasteiger partial charge is 0.502 e. The fourth-order valence-electron chi connectivity index (χ4n) is 2.52. The summed E-state index contributed by atoms with van der Waals surface area (Å²) in [4.78, 5) is 25.5. The lowest BCUT2D eigenvalue weighted by atomic mass is 10.0. The van der Waals surface area contributed by atoms with Gasteiger partial charge in [0.25, 0.3) is 0 Å². The van der Waals surface area contributed by atoms with E-state index in [4.69, 9.17) is 0 Å². The lowest BCUT2D eigenvalue weighted by Gasteiger charge is -2.00. The molecule has 7 nitrogen and oxygen atoms in total. The van der Waals surface area contributed by atoms with Crippen LogP contribution in [0.3, 0.4) is 0 Å². The van der Waals surface area contributed by atoms with Crippen molar-refractivity contribution >= 4 is 28.4 Å². The third-order valence-electron chi connectivity index (χ3n) is 3.76. The second-order valence-corrected chi connectivity index (χ2v) is 5.40. The van der Waals surface area contributed by atoms with Crippen molar-refractivity contribution in [2.24, 2.45) is 0 Å². The van der Waals surface area contributed by atoms with E-state index in [0.717, 1.165) is 12.1 Å². The summed E-state index contributed by atoms with van der Waals surface area (Å²) < 4.78 is 13.3. The number of hydrogen-bond donors (Lipinski definition) is 2. The first-order valence-electron chi connectivity index (χ1n) is 7.31. The molecule has 0 saturated heterocycles. The van der Waals surface area contributed by atoms with E-state index in [1.54, 1.807) is 6.07 Å². The topological polar surface area (TPSA) is 120 Å². The van der Waals surface area contributed by atoms with Gasteiger partial charge in [0, 0.05) is 28.7 Å². The molecule has 26 heavy (non-hydrogen) atoms. The smallest absolute Gasteiger partial charge is 0.311 e. The number of carbonyl (C=O) groups excluding carboxylic acids is 1. The lowest BCUT2D eigenvalue weighted by Crippen LogP contribution is -2.01. The van der Waals surface area contributed by atoms with Crippen LogP contribution in [0.5, 0.6) is 5.75 Å². The molecule has 3 aromatic rings. The molecule has 0 saturated carbocycles. The normalized spacial score (nSPS) is 11.3. The summed E-state index contributed by atoms with van der Waals surface area (Å²) in [7, 11) is 0. The third kappa shape index (κ3) is 3.01. The molecule has 1 heterocycles. The predicted molar refractivity (Wildman–Crippen MR) is 90.9 cm³/mol. The molecule has 0 aliphatic carbocycles. The molecule has 2 N–H and O–H groups in total. The number of fused-ring (bicyclic) bond motifs is 1. The van der Waals surface area contributed by atoms with Crippen molar-refractivity contribution in [3.63, 3.8) is 0 Å². The van der Waals surface area contributed by atoms with Crippen molar-refractivity contribution in [3.8, 4) is 11.8 Å². The van der Waals surface area contributed by atoms with Crippen LogP contribution in [0.15, 0.2) is 48.2 Å². The third-order valence-corrected chi connectivity index (χ3v) is 3.76. The van der Waals surface area contributed by atoms with Crippen molar-refractivity contribution in [1.29, 1.82) is 5.26 Å². The van der Waals surface area contributed by atoms with Crippen LogP contribution in [0.25, 0.3) is 17.0 Å². The van der Waals surface area contributed by atoms with Gasteiger partial charge >= 0.3 is 5.69 Å². The van der Waals surface area contributed by atoms with Gasteiger partial charge in [0.15, 0.2) is 5.75 Å². The van der Waals surface area contributed by atoms with Crippen LogP contribution in [0, 0.1) is 27.3 Å². The Morgan fingerprint density at radius 3 is 2.77 bits per heavy atom. The van der Waals surface area contributed by atoms with E-state index < -0.39 is 28.0 Å². The molecule has 2 aromatic carbocycles. The van der Waals surface area contributed by atoms with Crippen LogP contribution in [0.1, 0.15) is 15.9 Å². The lowest BCUT2D eigenvalue weighted by molar-refractivity contribution is -0.385. The van der Waals surface area contributed by atoms with Crippen molar-refractivity contribution in [3.05, 3.63) is 75.2 Å². The molecular formula is C18H10FN3O4. The predicted octanol–water partition coefficient (Wildman–Crippen LogP) is 3.71. The molecule has 0 aliphatic heterocycles. The Bertz CT molecular complexity index is 1130. The minimum absolute atomic E-state index is 0.182. The maximum Gasteiger partial charge on any atom is 0.311 e. The average Bonchev–Trinajstić information content (AvgIpc) is 3.03. The molecule has 8 heteroatoms. The second kappa shape index (κ2) is 6.49. The van der Waals surface area contributed by atoms with Gasteiger partial charge in [-0.2, -0.15) is 5.26 Å². The monoisotopic (exact) mass is 351 g/mol. The molecule has 0 unspecified atom stereocenters. The van der Waals surface area contributed by atoms with Gasteiger partial charge in [-0.05, 0) is 35.9 Å².